The fourth-order valence-corrected chi connectivity index (χ4v) is 3.22. The third kappa shape index (κ3) is 3.71. The van der Waals surface area contributed by atoms with Crippen molar-refractivity contribution in [3.8, 4) is 5.75 Å². The van der Waals surface area contributed by atoms with Gasteiger partial charge in [0, 0.05) is 31.1 Å². The number of likely N-dealkylation sites (tertiary alicyclic amines) is 1. The highest BCUT2D eigenvalue weighted by molar-refractivity contribution is 5.34. The molecule has 4 nitrogen and oxygen atoms in total. The molecular formula is C15H19F3N2O2. The molecule has 3 rings (SSSR count). The first-order valence-corrected chi connectivity index (χ1v) is 7.45. The van der Waals surface area contributed by atoms with Crippen molar-refractivity contribution in [3.63, 3.8) is 0 Å². The van der Waals surface area contributed by atoms with Gasteiger partial charge in [-0.1, -0.05) is 12.1 Å². The lowest BCUT2D eigenvalue weighted by atomic mass is 10.0. The molecule has 22 heavy (non-hydrogen) atoms. The maximum atomic E-state index is 12.1. The molecule has 2 atom stereocenters. The Bertz CT molecular complexity index is 499. The topological polar surface area (TPSA) is 44.7 Å². The normalized spacial score (nSPS) is 26.9. The summed E-state index contributed by atoms with van der Waals surface area (Å²) in [5, 5.41) is 8.91. The molecule has 1 saturated carbocycles. The molecule has 1 aromatic rings. The number of ether oxygens (including phenoxy) is 1. The maximum absolute atomic E-state index is 12.1. The predicted molar refractivity (Wildman–Crippen MR) is 73.8 cm³/mol. The molecule has 0 bridgehead atoms. The van der Waals surface area contributed by atoms with Gasteiger partial charge in [0.15, 0.2) is 0 Å². The number of nitrogens with one attached hydrogen (secondary N) is 1. The molecule has 0 aromatic heterocycles. The highest BCUT2D eigenvalue weighted by Gasteiger charge is 2.43. The molecule has 0 spiro atoms. The van der Waals surface area contributed by atoms with E-state index in [9.17, 15) is 13.2 Å². The van der Waals surface area contributed by atoms with Crippen molar-refractivity contribution in [1.29, 1.82) is 0 Å². The summed E-state index contributed by atoms with van der Waals surface area (Å²) in [5.74, 6) is 0.210. The van der Waals surface area contributed by atoms with Crippen LogP contribution in [0.3, 0.4) is 0 Å². The Hall–Kier alpha value is -1.31. The number of halogens is 3. The average molecular weight is 316 g/mol. The molecule has 1 aliphatic heterocycles. The molecule has 2 aliphatic rings. The molecule has 1 aromatic carbocycles. The van der Waals surface area contributed by atoms with Crippen LogP contribution in [0.4, 0.5) is 13.2 Å². The smallest absolute Gasteiger partial charge is 0.406 e. The number of hydrogen-bond acceptors (Lipinski definition) is 4. The molecule has 122 valence electrons. The molecule has 2 unspecified atom stereocenters. The Labute approximate surface area is 126 Å². The third-order valence-corrected chi connectivity index (χ3v) is 4.48. The van der Waals surface area contributed by atoms with Gasteiger partial charge < -0.3 is 9.94 Å². The zero-order chi connectivity index (χ0) is 15.7. The van der Waals surface area contributed by atoms with Crippen LogP contribution in [-0.4, -0.2) is 41.6 Å². The van der Waals surface area contributed by atoms with E-state index < -0.39 is 6.36 Å². The molecule has 0 radical (unpaired) electrons. The molecule has 7 heteroatoms. The van der Waals surface area contributed by atoms with Crippen molar-refractivity contribution >= 4 is 0 Å². The first-order chi connectivity index (χ1) is 10.5. The van der Waals surface area contributed by atoms with Gasteiger partial charge in [0.25, 0.3) is 0 Å². The summed E-state index contributed by atoms with van der Waals surface area (Å²) in [6.07, 6.45) is -1.78. The maximum Gasteiger partial charge on any atom is 0.573 e. The number of nitrogens with zero attached hydrogens (tertiary/aromatic N) is 1. The number of benzene rings is 1. The Morgan fingerprint density at radius 2 is 1.77 bits per heavy atom. The van der Waals surface area contributed by atoms with Gasteiger partial charge in [-0.25, -0.2) is 5.48 Å². The zero-order valence-corrected chi connectivity index (χ0v) is 12.0. The van der Waals surface area contributed by atoms with E-state index in [4.69, 9.17) is 5.21 Å². The van der Waals surface area contributed by atoms with Crippen molar-refractivity contribution < 1.29 is 23.1 Å². The highest BCUT2D eigenvalue weighted by atomic mass is 19.4. The third-order valence-electron chi connectivity index (χ3n) is 4.48. The lowest BCUT2D eigenvalue weighted by Gasteiger charge is -2.31. The predicted octanol–water partition coefficient (Wildman–Crippen LogP) is 2.88. The molecular weight excluding hydrogens is 297 g/mol. The number of alkyl halides is 3. The first kappa shape index (κ1) is 15.6. The van der Waals surface area contributed by atoms with Crippen molar-refractivity contribution in [2.45, 2.75) is 43.6 Å². The Kier molecular flexibility index (Phi) is 4.29. The van der Waals surface area contributed by atoms with Crippen LogP contribution in [0, 0.1) is 0 Å². The molecule has 1 heterocycles. The van der Waals surface area contributed by atoms with Gasteiger partial charge >= 0.3 is 6.36 Å². The van der Waals surface area contributed by atoms with Gasteiger partial charge in [-0.3, -0.25) is 4.90 Å². The summed E-state index contributed by atoms with van der Waals surface area (Å²) < 4.78 is 40.3. The second kappa shape index (κ2) is 6.06. The quantitative estimate of drug-likeness (QED) is 0.839. The highest BCUT2D eigenvalue weighted by Crippen LogP contribution is 2.45. The second-order valence-corrected chi connectivity index (χ2v) is 5.97. The zero-order valence-electron chi connectivity index (χ0n) is 12.0. The fourth-order valence-electron chi connectivity index (χ4n) is 3.22. The van der Waals surface area contributed by atoms with Gasteiger partial charge in [0.05, 0.1) is 0 Å². The Morgan fingerprint density at radius 1 is 1.14 bits per heavy atom. The SMILES string of the molecule is ONC1CCN(C2CC2c2ccc(OC(F)(F)F)cc2)CC1. The van der Waals surface area contributed by atoms with Gasteiger partial charge in [0.1, 0.15) is 5.75 Å². The lowest BCUT2D eigenvalue weighted by molar-refractivity contribution is -0.274. The van der Waals surface area contributed by atoms with E-state index >= 15 is 0 Å². The second-order valence-electron chi connectivity index (χ2n) is 5.97. The minimum atomic E-state index is -4.64. The lowest BCUT2D eigenvalue weighted by Crippen LogP contribution is -2.42. The minimum absolute atomic E-state index is 0.173. The van der Waals surface area contributed by atoms with Crippen LogP contribution in [0.2, 0.25) is 0 Å². The van der Waals surface area contributed by atoms with Crippen LogP contribution in [0.5, 0.6) is 5.75 Å². The van der Waals surface area contributed by atoms with Crippen molar-refractivity contribution in [2.75, 3.05) is 13.1 Å². The number of piperidine rings is 1. The van der Waals surface area contributed by atoms with E-state index in [1.807, 2.05) is 0 Å². The van der Waals surface area contributed by atoms with Crippen molar-refractivity contribution in [3.05, 3.63) is 29.8 Å². The van der Waals surface area contributed by atoms with E-state index in [1.54, 1.807) is 12.1 Å². The van der Waals surface area contributed by atoms with Gasteiger partial charge in [-0.2, -0.15) is 0 Å². The first-order valence-electron chi connectivity index (χ1n) is 7.45. The number of hydroxylamine groups is 1. The molecule has 1 saturated heterocycles. The largest absolute Gasteiger partial charge is 0.573 e. The number of hydrogen-bond donors (Lipinski definition) is 2. The van der Waals surface area contributed by atoms with Gasteiger partial charge in [-0.05, 0) is 37.0 Å². The van der Waals surface area contributed by atoms with Crippen molar-refractivity contribution in [1.82, 2.24) is 10.4 Å². The Balaban J connectivity index is 1.54. The standard InChI is InChI=1S/C15H19F3N2O2/c16-15(17,18)22-12-3-1-10(2-4-12)13-9-14(13)20-7-5-11(19-21)6-8-20/h1-4,11,13-14,19,21H,5-9H2. The van der Waals surface area contributed by atoms with Gasteiger partial charge in [-0.15, -0.1) is 13.2 Å². The summed E-state index contributed by atoms with van der Waals surface area (Å²) in [4.78, 5) is 2.40. The summed E-state index contributed by atoms with van der Waals surface area (Å²) in [5.41, 5.74) is 3.38. The number of rotatable bonds is 4. The van der Waals surface area contributed by atoms with Crippen LogP contribution >= 0.6 is 0 Å². The molecule has 2 N–H and O–H groups in total. The van der Waals surface area contributed by atoms with E-state index in [2.05, 4.69) is 15.1 Å². The van der Waals surface area contributed by atoms with Gasteiger partial charge in [0.2, 0.25) is 0 Å². The van der Waals surface area contributed by atoms with E-state index in [0.717, 1.165) is 37.9 Å². The van der Waals surface area contributed by atoms with E-state index in [1.165, 1.54) is 12.1 Å². The van der Waals surface area contributed by atoms with Crippen LogP contribution in [0.15, 0.2) is 24.3 Å². The van der Waals surface area contributed by atoms with Crippen LogP contribution in [0.25, 0.3) is 0 Å². The molecule has 0 amide bonds. The van der Waals surface area contributed by atoms with Crippen LogP contribution in [0.1, 0.15) is 30.7 Å². The average Bonchev–Trinajstić information content (AvgIpc) is 3.27. The Morgan fingerprint density at radius 3 is 2.32 bits per heavy atom. The summed E-state index contributed by atoms with van der Waals surface area (Å²) in [6.45, 7) is 1.88. The summed E-state index contributed by atoms with van der Waals surface area (Å²) in [7, 11) is 0. The summed E-state index contributed by atoms with van der Waals surface area (Å²) >= 11 is 0. The van der Waals surface area contributed by atoms with Crippen LogP contribution < -0.4 is 10.2 Å². The molecule has 1 aliphatic carbocycles. The minimum Gasteiger partial charge on any atom is -0.406 e. The van der Waals surface area contributed by atoms with Crippen LogP contribution in [-0.2, 0) is 0 Å². The van der Waals surface area contributed by atoms with E-state index in [-0.39, 0.29) is 11.8 Å². The summed E-state index contributed by atoms with van der Waals surface area (Å²) in [6, 6.07) is 6.82. The molecule has 2 fully saturated rings. The van der Waals surface area contributed by atoms with E-state index in [0.29, 0.717) is 12.0 Å². The monoisotopic (exact) mass is 316 g/mol. The van der Waals surface area contributed by atoms with Crippen molar-refractivity contribution in [2.24, 2.45) is 0 Å². The fraction of sp³-hybridized carbons (Fsp3) is 0.600.